The number of thioether (sulfide) groups is 2. The summed E-state index contributed by atoms with van der Waals surface area (Å²) < 4.78 is 22.5. The molecule has 6 bridgehead atoms. The minimum Gasteiger partial charge on any atom is -0.459 e. The second-order valence-corrected chi connectivity index (χ2v) is 20.9. The Morgan fingerprint density at radius 1 is 0.804 bits per heavy atom. The highest BCUT2D eigenvalue weighted by Gasteiger charge is 2.63. The van der Waals surface area contributed by atoms with E-state index in [1.165, 1.54) is 12.2 Å². The van der Waals surface area contributed by atoms with Crippen LogP contribution in [0, 0.1) is 45.8 Å². The van der Waals surface area contributed by atoms with Crippen molar-refractivity contribution in [2.45, 2.75) is 162 Å². The SMILES string of the molecule is CCC(C)(C)C(=O)OC12CC3CC(CC(O)(C3)C1)C2.CCC(C)(C)C(=O)OC1C2CC3C(=O)OC1C3C2.CCC(C)(C)C(=O)OC1CSCCS1. The van der Waals surface area contributed by atoms with Crippen molar-refractivity contribution in [1.82, 2.24) is 0 Å². The van der Waals surface area contributed by atoms with Gasteiger partial charge in [-0.05, 0) is 118 Å². The van der Waals surface area contributed by atoms with Crippen LogP contribution in [0.3, 0.4) is 0 Å². The third kappa shape index (κ3) is 8.92. The highest BCUT2D eigenvalue weighted by atomic mass is 32.2. The molecule has 2 heterocycles. The lowest BCUT2D eigenvalue weighted by Crippen LogP contribution is -2.61. The molecule has 0 radical (unpaired) electrons. The molecule has 0 amide bonds. The van der Waals surface area contributed by atoms with Crippen LogP contribution in [-0.2, 0) is 38.1 Å². The standard InChI is InChI=1S/C16H26O3.C14H20O4.C10H18O2S2/c1-4-14(2,3)13(17)19-16-8-11-5-12(9-16)7-15(18,6-11)10-16;1-4-14(2,3)13(16)18-10-7-5-8-9(6-7)12(15)17-11(8)10;1-4-10(2,3)9(11)12-8-7-13-5-6-14-8/h11-12,18H,4-10H2,1-3H3;7-11H,4-6H2,1-3H3;8H,4-7H2,1-3H3. The van der Waals surface area contributed by atoms with Gasteiger partial charge in [-0.2, -0.15) is 11.8 Å². The first-order valence-corrected chi connectivity index (χ1v) is 21.7. The Balaban J connectivity index is 0.000000150. The molecule has 6 aliphatic carbocycles. The van der Waals surface area contributed by atoms with Crippen molar-refractivity contribution in [3.05, 3.63) is 0 Å². The van der Waals surface area contributed by atoms with Crippen LogP contribution in [0.15, 0.2) is 0 Å². The quantitative estimate of drug-likeness (QED) is 0.184. The number of rotatable bonds is 9. The highest BCUT2D eigenvalue weighted by molar-refractivity contribution is 8.06. The van der Waals surface area contributed by atoms with Crippen LogP contribution >= 0.6 is 23.5 Å². The van der Waals surface area contributed by atoms with Crippen molar-refractivity contribution >= 4 is 47.4 Å². The van der Waals surface area contributed by atoms with Crippen LogP contribution in [0.4, 0.5) is 0 Å². The van der Waals surface area contributed by atoms with Crippen LogP contribution in [0.5, 0.6) is 0 Å². The van der Waals surface area contributed by atoms with Crippen molar-refractivity contribution in [2.24, 2.45) is 45.8 Å². The third-order valence-electron chi connectivity index (χ3n) is 13.3. The Hall–Kier alpha value is -1.46. The lowest BCUT2D eigenvalue weighted by Gasteiger charge is -2.59. The van der Waals surface area contributed by atoms with E-state index in [-0.39, 0.29) is 58.5 Å². The maximum atomic E-state index is 12.4. The number of fused-ring (bicyclic) bond motifs is 1. The Bertz CT molecular complexity index is 1290. The summed E-state index contributed by atoms with van der Waals surface area (Å²) in [6.07, 6.45) is 9.48. The zero-order chi connectivity index (χ0) is 37.6. The first-order chi connectivity index (χ1) is 23.8. The molecule has 0 aromatic rings. The first kappa shape index (κ1) is 40.7. The summed E-state index contributed by atoms with van der Waals surface area (Å²) in [5, 5.41) is 10.6. The average Bonchev–Trinajstić information content (AvgIpc) is 3.70. The highest BCUT2D eigenvalue weighted by Crippen LogP contribution is 2.59. The van der Waals surface area contributed by atoms with E-state index in [2.05, 4.69) is 0 Å². The molecule has 8 atom stereocenters. The van der Waals surface area contributed by atoms with Crippen LogP contribution < -0.4 is 0 Å². The molecule has 8 unspecified atom stereocenters. The molecule has 290 valence electrons. The number of esters is 4. The molecule has 0 spiro atoms. The maximum Gasteiger partial charge on any atom is 0.312 e. The number of ether oxygens (including phenoxy) is 4. The van der Waals surface area contributed by atoms with Crippen LogP contribution in [-0.4, -0.2) is 75.1 Å². The van der Waals surface area contributed by atoms with Gasteiger partial charge in [-0.25, -0.2) is 0 Å². The molecule has 8 rings (SSSR count). The van der Waals surface area contributed by atoms with Crippen LogP contribution in [0.1, 0.15) is 133 Å². The fraction of sp³-hybridized carbons (Fsp3) is 0.900. The van der Waals surface area contributed by atoms with E-state index >= 15 is 0 Å². The molecule has 0 aromatic heterocycles. The summed E-state index contributed by atoms with van der Waals surface area (Å²) in [6.45, 7) is 17.6. The predicted molar refractivity (Wildman–Crippen MR) is 200 cm³/mol. The zero-order valence-corrected chi connectivity index (χ0v) is 34.2. The topological polar surface area (TPSA) is 125 Å². The van der Waals surface area contributed by atoms with E-state index in [1.54, 1.807) is 11.8 Å². The van der Waals surface area contributed by atoms with Gasteiger partial charge in [0.15, 0.2) is 5.44 Å². The van der Waals surface area contributed by atoms with E-state index < -0.39 is 16.4 Å². The number of carbonyl (C=O) groups excluding carboxylic acids is 4. The average molecular weight is 753 g/mol. The predicted octanol–water partition coefficient (Wildman–Crippen LogP) is 7.74. The molecule has 1 N–H and O–H groups in total. The van der Waals surface area contributed by atoms with Gasteiger partial charge in [0, 0.05) is 35.5 Å². The van der Waals surface area contributed by atoms with E-state index in [0.717, 1.165) is 69.3 Å². The molecule has 2 saturated heterocycles. The van der Waals surface area contributed by atoms with Crippen molar-refractivity contribution < 1.29 is 43.2 Å². The summed E-state index contributed by atoms with van der Waals surface area (Å²) in [5.74, 6) is 4.64. The Morgan fingerprint density at radius 2 is 1.37 bits per heavy atom. The van der Waals surface area contributed by atoms with Crippen LogP contribution in [0.25, 0.3) is 0 Å². The van der Waals surface area contributed by atoms with Crippen LogP contribution in [0.2, 0.25) is 0 Å². The summed E-state index contributed by atoms with van der Waals surface area (Å²) in [4.78, 5) is 47.8. The van der Waals surface area contributed by atoms with Gasteiger partial charge in [0.25, 0.3) is 0 Å². The lowest BCUT2D eigenvalue weighted by atomic mass is 9.52. The Morgan fingerprint density at radius 3 is 1.90 bits per heavy atom. The molecule has 8 aliphatic rings. The molecule has 0 aromatic carbocycles. The van der Waals surface area contributed by atoms with Gasteiger partial charge in [-0.15, -0.1) is 11.8 Å². The molecule has 51 heavy (non-hydrogen) atoms. The van der Waals surface area contributed by atoms with Crippen molar-refractivity contribution in [2.75, 3.05) is 17.3 Å². The monoisotopic (exact) mass is 752 g/mol. The van der Waals surface area contributed by atoms with Gasteiger partial charge < -0.3 is 24.1 Å². The molecular formula is C40H64O9S2. The van der Waals surface area contributed by atoms with E-state index in [1.807, 2.05) is 74.1 Å². The van der Waals surface area contributed by atoms with Gasteiger partial charge in [0.05, 0.1) is 27.8 Å². The smallest absolute Gasteiger partial charge is 0.312 e. The fourth-order valence-corrected chi connectivity index (χ4v) is 11.6. The van der Waals surface area contributed by atoms with Gasteiger partial charge in [-0.3, -0.25) is 19.2 Å². The first-order valence-electron chi connectivity index (χ1n) is 19.5. The van der Waals surface area contributed by atoms with Gasteiger partial charge in [0.2, 0.25) is 0 Å². The normalized spacial score (nSPS) is 37.4. The fourth-order valence-electron chi connectivity index (χ4n) is 9.18. The van der Waals surface area contributed by atoms with Gasteiger partial charge in [-0.1, -0.05) is 20.8 Å². The second kappa shape index (κ2) is 15.3. The number of aliphatic hydroxyl groups is 1. The molecular weight excluding hydrogens is 689 g/mol. The summed E-state index contributed by atoms with van der Waals surface area (Å²) in [5.41, 5.74) is -2.03. The third-order valence-corrected chi connectivity index (χ3v) is 15.9. The van der Waals surface area contributed by atoms with E-state index in [0.29, 0.717) is 30.1 Å². The summed E-state index contributed by atoms with van der Waals surface area (Å²) in [7, 11) is 0. The molecule has 11 heteroatoms. The molecule has 8 fully saturated rings. The van der Waals surface area contributed by atoms with Crippen molar-refractivity contribution in [1.29, 1.82) is 0 Å². The minimum absolute atomic E-state index is 0.0556. The maximum absolute atomic E-state index is 12.4. The Kier molecular flexibility index (Phi) is 12.3. The minimum atomic E-state index is -0.555. The van der Waals surface area contributed by atoms with Crippen molar-refractivity contribution in [3.63, 3.8) is 0 Å². The summed E-state index contributed by atoms with van der Waals surface area (Å²) in [6, 6.07) is 0. The number of hydrogen-bond donors (Lipinski definition) is 1. The second-order valence-electron chi connectivity index (χ2n) is 18.5. The zero-order valence-electron chi connectivity index (χ0n) is 32.5. The van der Waals surface area contributed by atoms with Gasteiger partial charge in [0.1, 0.15) is 17.8 Å². The van der Waals surface area contributed by atoms with Crippen molar-refractivity contribution in [3.8, 4) is 0 Å². The van der Waals surface area contributed by atoms with Gasteiger partial charge >= 0.3 is 23.9 Å². The molecule has 9 nitrogen and oxygen atoms in total. The molecule has 2 aliphatic heterocycles. The number of carbonyl (C=O) groups is 4. The Labute approximate surface area is 314 Å². The lowest BCUT2D eigenvalue weighted by molar-refractivity contribution is -0.225. The van der Waals surface area contributed by atoms with E-state index in [4.69, 9.17) is 18.9 Å². The number of hydrogen-bond acceptors (Lipinski definition) is 11. The largest absolute Gasteiger partial charge is 0.459 e. The van der Waals surface area contributed by atoms with E-state index in [9.17, 15) is 24.3 Å². The molecule has 6 saturated carbocycles. The summed E-state index contributed by atoms with van der Waals surface area (Å²) >= 11 is 3.62.